The number of carbonyl (C=O) groups excluding carboxylic acids is 1. The summed E-state index contributed by atoms with van der Waals surface area (Å²) in [4.78, 5) is 25.1. The van der Waals surface area contributed by atoms with Crippen molar-refractivity contribution in [2.24, 2.45) is 0 Å². The van der Waals surface area contributed by atoms with Crippen LogP contribution in [-0.2, 0) is 36.3 Å². The summed E-state index contributed by atoms with van der Waals surface area (Å²) >= 11 is 0. The Morgan fingerprint density at radius 2 is 1.37 bits per heavy atom. The average molecular weight is 933 g/mol. The van der Waals surface area contributed by atoms with E-state index in [1.165, 1.54) is 133 Å². The van der Waals surface area contributed by atoms with Gasteiger partial charge in [-0.15, -0.1) is 0 Å². The number of methoxy groups -OCH3 is 1. The standard InChI is InChI=1S/C48H72F3N6O7P/c1-4-5-6-7-8-9-10-11-12-13-14-15-16-17-18-19-20-21-22-26-29-62-46(59)41(32-37-30-38(49)33-39(50)31-37)56-65(60,64-40-27-24-23-25-28-40)63-35-48(2,61-3)42(58)34-57-36-53-43-44(52)54-47(51)55-45(43)57/h23-25,27-28,30-31,33,36,41-42,58H,4-22,26,29,32,34-35H2,1-3H3,(H,56,60)(H2,52,54,55)/t41-,42-,48+,65?/m0/s1. The SMILES string of the molecule is CCCCCCCCCCCCCCCCCCCCCCOC(=O)[C@H](Cc1cc(F)cc(F)c1)NP(=O)(OC[C@@](C)(OC)[C@@H](O)Cn1cnc2c(N)nc(F)nc21)Oc1ccccc1. The highest BCUT2D eigenvalue weighted by atomic mass is 31.2. The largest absolute Gasteiger partial charge is 0.465 e. The summed E-state index contributed by atoms with van der Waals surface area (Å²) in [5.74, 6) is -2.62. The van der Waals surface area contributed by atoms with E-state index in [0.29, 0.717) is 12.5 Å². The van der Waals surface area contributed by atoms with Crippen molar-refractivity contribution < 1.29 is 46.2 Å². The molecule has 0 aliphatic rings. The van der Waals surface area contributed by atoms with Crippen LogP contribution < -0.4 is 15.3 Å². The number of para-hydroxylation sites is 1. The van der Waals surface area contributed by atoms with Crippen molar-refractivity contribution in [2.45, 2.75) is 173 Å². The molecule has 0 amide bonds. The van der Waals surface area contributed by atoms with Crippen LogP contribution in [0.2, 0.25) is 0 Å². The number of aromatic nitrogens is 4. The number of ether oxygens (including phenoxy) is 2. The monoisotopic (exact) mass is 933 g/mol. The molecular weight excluding hydrogens is 861 g/mol. The fraction of sp³-hybridized carbons (Fsp3) is 0.625. The van der Waals surface area contributed by atoms with Crippen LogP contribution in [0, 0.1) is 17.7 Å². The molecule has 0 aliphatic heterocycles. The topological polar surface area (TPSA) is 173 Å². The molecule has 4 N–H and O–H groups in total. The highest BCUT2D eigenvalue weighted by Crippen LogP contribution is 2.46. The van der Waals surface area contributed by atoms with Crippen LogP contribution in [0.3, 0.4) is 0 Å². The van der Waals surface area contributed by atoms with E-state index in [1.807, 2.05) is 0 Å². The summed E-state index contributed by atoms with van der Waals surface area (Å²) in [6.07, 6.45) is 23.3. The number of imidazole rings is 1. The molecule has 4 aromatic rings. The molecular formula is C48H72F3N6O7P. The maximum absolute atomic E-state index is 14.7. The molecule has 1 unspecified atom stereocenters. The van der Waals surface area contributed by atoms with Crippen LogP contribution in [0.25, 0.3) is 11.2 Å². The minimum absolute atomic E-state index is 0.0266. The number of esters is 1. The number of hydrogen-bond acceptors (Lipinski definition) is 11. The van der Waals surface area contributed by atoms with E-state index in [-0.39, 0.29) is 47.9 Å². The minimum atomic E-state index is -4.60. The Morgan fingerprint density at radius 3 is 1.91 bits per heavy atom. The van der Waals surface area contributed by atoms with Crippen LogP contribution >= 0.6 is 7.75 Å². The fourth-order valence-electron chi connectivity index (χ4n) is 7.63. The normalized spacial score (nSPS) is 14.5. The van der Waals surface area contributed by atoms with E-state index in [1.54, 1.807) is 18.2 Å². The third-order valence-corrected chi connectivity index (χ3v) is 13.2. The minimum Gasteiger partial charge on any atom is -0.465 e. The van der Waals surface area contributed by atoms with Crippen molar-refractivity contribution in [3.63, 3.8) is 0 Å². The molecule has 2 aromatic carbocycles. The molecule has 2 heterocycles. The molecule has 0 radical (unpaired) electrons. The van der Waals surface area contributed by atoms with Gasteiger partial charge in [0.2, 0.25) is 0 Å². The van der Waals surface area contributed by atoms with Crippen molar-refractivity contribution in [3.05, 3.63) is 78.1 Å². The molecule has 0 spiro atoms. The lowest BCUT2D eigenvalue weighted by Crippen LogP contribution is -2.48. The quantitative estimate of drug-likeness (QED) is 0.0173. The summed E-state index contributed by atoms with van der Waals surface area (Å²) in [5, 5.41) is 14.1. The first kappa shape index (κ1) is 53.5. The first-order chi connectivity index (χ1) is 31.3. The van der Waals surface area contributed by atoms with E-state index in [0.717, 1.165) is 37.8 Å². The third-order valence-electron chi connectivity index (χ3n) is 11.7. The van der Waals surface area contributed by atoms with Gasteiger partial charge in [-0.2, -0.15) is 19.4 Å². The molecule has 0 fully saturated rings. The molecule has 65 heavy (non-hydrogen) atoms. The Kier molecular flexibility index (Phi) is 23.8. The van der Waals surface area contributed by atoms with Gasteiger partial charge >= 0.3 is 19.8 Å². The Labute approximate surface area is 383 Å². The van der Waals surface area contributed by atoms with Gasteiger partial charge in [0.15, 0.2) is 11.5 Å². The van der Waals surface area contributed by atoms with Gasteiger partial charge in [0, 0.05) is 13.2 Å². The molecule has 0 bridgehead atoms. The summed E-state index contributed by atoms with van der Waals surface area (Å²) in [6.45, 7) is 3.01. The second-order valence-corrected chi connectivity index (χ2v) is 18.9. The fourth-order valence-corrected chi connectivity index (χ4v) is 9.22. The van der Waals surface area contributed by atoms with Gasteiger partial charge in [-0.25, -0.2) is 18.3 Å². The molecule has 0 aliphatic carbocycles. The van der Waals surface area contributed by atoms with Crippen molar-refractivity contribution in [1.82, 2.24) is 24.6 Å². The number of rotatable bonds is 35. The number of hydrogen-bond donors (Lipinski definition) is 3. The van der Waals surface area contributed by atoms with Gasteiger partial charge in [0.25, 0.3) is 0 Å². The van der Waals surface area contributed by atoms with E-state index >= 15 is 0 Å². The van der Waals surface area contributed by atoms with Crippen molar-refractivity contribution in [3.8, 4) is 5.75 Å². The van der Waals surface area contributed by atoms with Gasteiger partial charge in [-0.3, -0.25) is 9.32 Å². The van der Waals surface area contributed by atoms with Gasteiger partial charge in [-0.1, -0.05) is 147 Å². The van der Waals surface area contributed by atoms with Crippen LogP contribution in [0.1, 0.15) is 148 Å². The van der Waals surface area contributed by atoms with Crippen LogP contribution in [0.4, 0.5) is 19.0 Å². The molecule has 0 saturated carbocycles. The number of nitrogens with one attached hydrogen (secondary N) is 1. The van der Waals surface area contributed by atoms with E-state index < -0.39 is 55.8 Å². The Balaban J connectivity index is 1.28. The lowest BCUT2D eigenvalue weighted by Gasteiger charge is -2.34. The average Bonchev–Trinajstić information content (AvgIpc) is 3.68. The second-order valence-electron chi connectivity index (χ2n) is 17.2. The summed E-state index contributed by atoms with van der Waals surface area (Å²) < 4.78 is 81.9. The molecule has 17 heteroatoms. The highest BCUT2D eigenvalue weighted by molar-refractivity contribution is 7.52. The number of carbonyl (C=O) groups is 1. The van der Waals surface area contributed by atoms with Crippen molar-refractivity contribution in [1.29, 1.82) is 0 Å². The highest BCUT2D eigenvalue weighted by Gasteiger charge is 2.41. The summed E-state index contributed by atoms with van der Waals surface area (Å²) in [6, 6.07) is 9.42. The lowest BCUT2D eigenvalue weighted by molar-refractivity contribution is -0.146. The van der Waals surface area contributed by atoms with Crippen LogP contribution in [0.5, 0.6) is 5.75 Å². The van der Waals surface area contributed by atoms with Gasteiger partial charge in [0.05, 0.1) is 26.1 Å². The smallest absolute Gasteiger partial charge is 0.459 e. The number of halogens is 3. The molecule has 13 nitrogen and oxygen atoms in total. The summed E-state index contributed by atoms with van der Waals surface area (Å²) in [5.41, 5.74) is 4.44. The predicted octanol–water partition coefficient (Wildman–Crippen LogP) is 11.4. The Morgan fingerprint density at radius 1 is 0.831 bits per heavy atom. The zero-order valence-electron chi connectivity index (χ0n) is 38.7. The first-order valence-electron chi connectivity index (χ1n) is 23.6. The third kappa shape index (κ3) is 19.4. The molecule has 4 atom stereocenters. The van der Waals surface area contributed by atoms with Crippen LogP contribution in [0.15, 0.2) is 54.9 Å². The number of anilines is 1. The van der Waals surface area contributed by atoms with E-state index in [2.05, 4.69) is 27.0 Å². The zero-order valence-corrected chi connectivity index (χ0v) is 39.6. The number of unbranched alkanes of at least 4 members (excludes halogenated alkanes) is 19. The zero-order chi connectivity index (χ0) is 46.9. The van der Waals surface area contributed by atoms with Gasteiger partial charge in [0.1, 0.15) is 40.6 Å². The number of aliphatic hydroxyl groups excluding tert-OH is 1. The number of nitrogen functional groups attached to an aromatic ring is 1. The number of nitrogens with zero attached hydrogens (tertiary/aromatic N) is 4. The molecule has 4 rings (SSSR count). The van der Waals surface area contributed by atoms with Gasteiger partial charge < -0.3 is 29.4 Å². The maximum atomic E-state index is 14.7. The number of benzene rings is 2. The molecule has 362 valence electrons. The first-order valence-corrected chi connectivity index (χ1v) is 25.1. The number of nitrogens with two attached hydrogens (primary N) is 1. The summed E-state index contributed by atoms with van der Waals surface area (Å²) in [7, 11) is -3.30. The number of aliphatic hydroxyl groups is 1. The van der Waals surface area contributed by atoms with Gasteiger partial charge in [-0.05, 0) is 49.6 Å². The lowest BCUT2D eigenvalue weighted by atomic mass is 10.00. The second kappa shape index (κ2) is 28.8. The van der Waals surface area contributed by atoms with Crippen molar-refractivity contribution in [2.75, 3.05) is 26.1 Å². The molecule has 2 aromatic heterocycles. The predicted molar refractivity (Wildman–Crippen MR) is 248 cm³/mol. The number of fused-ring (bicyclic) bond motifs is 1. The van der Waals surface area contributed by atoms with E-state index in [9.17, 15) is 27.6 Å². The maximum Gasteiger partial charge on any atom is 0.459 e. The Bertz CT molecular complexity index is 2010. The van der Waals surface area contributed by atoms with E-state index in [4.69, 9.17) is 24.3 Å². The Hall–Kier alpha value is -4.08. The molecule has 0 saturated heterocycles. The van der Waals surface area contributed by atoms with Crippen molar-refractivity contribution >= 4 is 30.7 Å². The van der Waals surface area contributed by atoms with Crippen LogP contribution in [-0.4, -0.2) is 68.7 Å².